The minimum atomic E-state index is -2.89. The van der Waals surface area contributed by atoms with Crippen molar-refractivity contribution in [3.8, 4) is 0 Å². The van der Waals surface area contributed by atoms with Crippen molar-refractivity contribution in [2.24, 2.45) is 0 Å². The maximum atomic E-state index is 11.5. The fourth-order valence-corrected chi connectivity index (χ4v) is 2.89. The van der Waals surface area contributed by atoms with E-state index in [0.29, 0.717) is 6.54 Å². The van der Waals surface area contributed by atoms with Crippen LogP contribution in [0.2, 0.25) is 0 Å². The van der Waals surface area contributed by atoms with Gasteiger partial charge in [-0.15, -0.1) is 0 Å². The van der Waals surface area contributed by atoms with Gasteiger partial charge in [0.2, 0.25) is 0 Å². The highest BCUT2D eigenvalue weighted by Crippen LogP contribution is 2.20. The van der Waals surface area contributed by atoms with Crippen LogP contribution in [-0.2, 0) is 9.84 Å². The van der Waals surface area contributed by atoms with E-state index < -0.39 is 9.84 Å². The van der Waals surface area contributed by atoms with Gasteiger partial charge >= 0.3 is 0 Å². The first kappa shape index (κ1) is 15.0. The van der Waals surface area contributed by atoms with Crippen molar-refractivity contribution in [1.82, 2.24) is 5.32 Å². The molecule has 2 aromatic carbocycles. The van der Waals surface area contributed by atoms with Gasteiger partial charge in [-0.25, -0.2) is 8.42 Å². The van der Waals surface area contributed by atoms with Crippen molar-refractivity contribution in [2.45, 2.75) is 19.9 Å². The Morgan fingerprint density at radius 1 is 1.10 bits per heavy atom. The normalized spacial score (nSPS) is 13.5. The summed E-state index contributed by atoms with van der Waals surface area (Å²) >= 11 is 0. The summed E-state index contributed by atoms with van der Waals surface area (Å²) in [6.07, 6.45) is 0. The van der Waals surface area contributed by atoms with E-state index in [0.717, 1.165) is 0 Å². The summed E-state index contributed by atoms with van der Waals surface area (Å²) in [6.45, 7) is 4.23. The molecule has 1 N–H and O–H groups in total. The minimum Gasteiger partial charge on any atom is -0.309 e. The molecule has 20 heavy (non-hydrogen) atoms. The fraction of sp³-hybridized carbons (Fsp3) is 0.375. The Morgan fingerprint density at radius 3 is 2.50 bits per heavy atom. The third kappa shape index (κ3) is 3.81. The zero-order valence-electron chi connectivity index (χ0n) is 12.0. The quantitative estimate of drug-likeness (QED) is 0.890. The Hall–Kier alpha value is -1.39. The summed E-state index contributed by atoms with van der Waals surface area (Å²) in [5.41, 5.74) is 1.18. The van der Waals surface area contributed by atoms with Gasteiger partial charge in [0.1, 0.15) is 0 Å². The molecule has 1 atom stereocenters. The lowest BCUT2D eigenvalue weighted by Gasteiger charge is -2.15. The van der Waals surface area contributed by atoms with Crippen molar-refractivity contribution >= 4 is 20.6 Å². The lowest BCUT2D eigenvalue weighted by Crippen LogP contribution is -2.26. The number of rotatable bonds is 6. The average Bonchev–Trinajstić information content (AvgIpc) is 2.46. The van der Waals surface area contributed by atoms with Gasteiger partial charge in [0, 0.05) is 18.3 Å². The number of benzene rings is 2. The maximum Gasteiger partial charge on any atom is 0.151 e. The summed E-state index contributed by atoms with van der Waals surface area (Å²) < 4.78 is 22.9. The lowest BCUT2D eigenvalue weighted by atomic mass is 10.0. The van der Waals surface area contributed by atoms with Crippen LogP contribution in [0.15, 0.2) is 42.5 Å². The molecular weight excluding hydrogens is 270 g/mol. The Balaban J connectivity index is 2.02. The Kier molecular flexibility index (Phi) is 4.78. The Bertz CT molecular complexity index is 680. The molecule has 2 aromatic rings. The summed E-state index contributed by atoms with van der Waals surface area (Å²) in [6, 6.07) is 14.7. The van der Waals surface area contributed by atoms with Crippen LogP contribution in [-0.4, -0.2) is 26.5 Å². The molecule has 1 unspecified atom stereocenters. The van der Waals surface area contributed by atoms with Gasteiger partial charge in [0.25, 0.3) is 0 Å². The molecule has 0 aliphatic heterocycles. The first-order valence-corrected chi connectivity index (χ1v) is 8.76. The molecule has 2 rings (SSSR count). The SMILES string of the molecule is CCS(=O)(=O)CCNC(C)c1ccc2ccccc2c1. The molecule has 0 saturated carbocycles. The molecule has 4 heteroatoms. The van der Waals surface area contributed by atoms with Crippen LogP contribution < -0.4 is 5.32 Å². The number of nitrogens with one attached hydrogen (secondary N) is 1. The number of fused-ring (bicyclic) bond motifs is 1. The van der Waals surface area contributed by atoms with Gasteiger partial charge < -0.3 is 5.32 Å². The van der Waals surface area contributed by atoms with Crippen molar-refractivity contribution in [3.05, 3.63) is 48.0 Å². The molecule has 0 spiro atoms. The van der Waals surface area contributed by atoms with E-state index in [9.17, 15) is 8.42 Å². The molecule has 0 aromatic heterocycles. The van der Waals surface area contributed by atoms with Crippen LogP contribution >= 0.6 is 0 Å². The molecule has 0 heterocycles. The zero-order chi connectivity index (χ0) is 14.6. The average molecular weight is 291 g/mol. The Morgan fingerprint density at radius 2 is 1.80 bits per heavy atom. The van der Waals surface area contributed by atoms with E-state index in [1.165, 1.54) is 16.3 Å². The van der Waals surface area contributed by atoms with Crippen molar-refractivity contribution in [1.29, 1.82) is 0 Å². The van der Waals surface area contributed by atoms with Gasteiger partial charge in [-0.3, -0.25) is 0 Å². The van der Waals surface area contributed by atoms with Crippen molar-refractivity contribution < 1.29 is 8.42 Å². The summed E-state index contributed by atoms with van der Waals surface area (Å²) in [7, 11) is -2.89. The van der Waals surface area contributed by atoms with Gasteiger partial charge in [-0.1, -0.05) is 43.3 Å². The maximum absolute atomic E-state index is 11.5. The van der Waals surface area contributed by atoms with Gasteiger partial charge in [-0.05, 0) is 29.3 Å². The minimum absolute atomic E-state index is 0.145. The summed E-state index contributed by atoms with van der Waals surface area (Å²) in [4.78, 5) is 0. The molecule has 0 fully saturated rings. The second kappa shape index (κ2) is 6.37. The predicted molar refractivity (Wildman–Crippen MR) is 84.7 cm³/mol. The molecule has 3 nitrogen and oxygen atoms in total. The second-order valence-corrected chi connectivity index (χ2v) is 7.49. The van der Waals surface area contributed by atoms with Gasteiger partial charge in [0.15, 0.2) is 9.84 Å². The van der Waals surface area contributed by atoms with Crippen LogP contribution in [0, 0.1) is 0 Å². The smallest absolute Gasteiger partial charge is 0.151 e. The molecule has 0 aliphatic rings. The standard InChI is InChI=1S/C16H21NO2S/c1-3-20(18,19)11-10-17-13(2)15-9-8-14-6-4-5-7-16(14)12-15/h4-9,12-13,17H,3,10-11H2,1-2H3. The van der Waals surface area contributed by atoms with Crippen LogP contribution in [0.3, 0.4) is 0 Å². The third-order valence-corrected chi connectivity index (χ3v) is 5.28. The van der Waals surface area contributed by atoms with E-state index in [1.807, 2.05) is 12.1 Å². The van der Waals surface area contributed by atoms with Crippen LogP contribution in [0.1, 0.15) is 25.5 Å². The highest BCUT2D eigenvalue weighted by atomic mass is 32.2. The van der Waals surface area contributed by atoms with Crippen molar-refractivity contribution in [3.63, 3.8) is 0 Å². The predicted octanol–water partition coefficient (Wildman–Crippen LogP) is 2.93. The van der Waals surface area contributed by atoms with E-state index in [-0.39, 0.29) is 17.5 Å². The molecule has 0 bridgehead atoms. The summed E-state index contributed by atoms with van der Waals surface area (Å²) in [5.74, 6) is 0.403. The number of sulfone groups is 1. The zero-order valence-corrected chi connectivity index (χ0v) is 12.8. The highest BCUT2D eigenvalue weighted by Gasteiger charge is 2.09. The van der Waals surface area contributed by atoms with Gasteiger partial charge in [0.05, 0.1) is 5.75 Å². The largest absolute Gasteiger partial charge is 0.309 e. The first-order valence-electron chi connectivity index (χ1n) is 6.94. The summed E-state index contributed by atoms with van der Waals surface area (Å²) in [5, 5.41) is 5.70. The Labute approximate surface area is 120 Å². The van der Waals surface area contributed by atoms with Crippen LogP contribution in [0.5, 0.6) is 0 Å². The molecule has 0 saturated heterocycles. The van der Waals surface area contributed by atoms with Gasteiger partial charge in [-0.2, -0.15) is 0 Å². The van der Waals surface area contributed by atoms with E-state index in [4.69, 9.17) is 0 Å². The van der Waals surface area contributed by atoms with E-state index >= 15 is 0 Å². The van der Waals surface area contributed by atoms with Crippen LogP contribution in [0.4, 0.5) is 0 Å². The first-order chi connectivity index (χ1) is 9.52. The highest BCUT2D eigenvalue weighted by molar-refractivity contribution is 7.91. The third-order valence-electron chi connectivity index (χ3n) is 3.58. The molecule has 0 aliphatic carbocycles. The number of hydrogen-bond donors (Lipinski definition) is 1. The van der Waals surface area contributed by atoms with Crippen LogP contribution in [0.25, 0.3) is 10.8 Å². The van der Waals surface area contributed by atoms with E-state index in [1.54, 1.807) is 6.92 Å². The molecule has 0 radical (unpaired) electrons. The molecular formula is C16H21NO2S. The lowest BCUT2D eigenvalue weighted by molar-refractivity contribution is 0.573. The monoisotopic (exact) mass is 291 g/mol. The van der Waals surface area contributed by atoms with Crippen molar-refractivity contribution in [2.75, 3.05) is 18.1 Å². The number of hydrogen-bond acceptors (Lipinski definition) is 3. The second-order valence-electron chi connectivity index (χ2n) is 5.02. The topological polar surface area (TPSA) is 46.2 Å². The molecule has 108 valence electrons. The molecule has 0 amide bonds. The van der Waals surface area contributed by atoms with E-state index in [2.05, 4.69) is 42.6 Å². The fourth-order valence-electron chi connectivity index (χ4n) is 2.17.